The van der Waals surface area contributed by atoms with Gasteiger partial charge in [0.2, 0.25) is 0 Å². The molecule has 0 saturated heterocycles. The molecule has 2 rings (SSSR count). The largest absolute Gasteiger partial charge is 0.316 e. The fraction of sp³-hybridized carbons (Fsp3) is 0.625. The van der Waals surface area contributed by atoms with Gasteiger partial charge in [-0.15, -0.1) is 0 Å². The molecular weight excluding hydrogens is 341 g/mol. The van der Waals surface area contributed by atoms with Crippen molar-refractivity contribution < 1.29 is 4.39 Å². The molecule has 1 aliphatic carbocycles. The van der Waals surface area contributed by atoms with Crippen LogP contribution in [0.15, 0.2) is 16.6 Å². The van der Waals surface area contributed by atoms with Gasteiger partial charge in [0.15, 0.2) is 0 Å². The highest BCUT2D eigenvalue weighted by Gasteiger charge is 2.29. The standard InChI is InChI=1S/C16H22BrClFN/c1-2-9-20-10-11-5-3-4-6-12(11)13-7-8-14(17)15(18)16(13)19/h7-8,11-12,20H,2-6,9-10H2,1H3. The SMILES string of the molecule is CCCNCC1CCCCC1c1ccc(Br)c(Cl)c1F. The second-order valence-electron chi connectivity index (χ2n) is 5.62. The summed E-state index contributed by atoms with van der Waals surface area (Å²) in [6, 6.07) is 3.76. The van der Waals surface area contributed by atoms with E-state index in [0.717, 1.165) is 31.5 Å². The number of benzene rings is 1. The van der Waals surface area contributed by atoms with Crippen LogP contribution < -0.4 is 5.32 Å². The zero-order valence-electron chi connectivity index (χ0n) is 11.9. The van der Waals surface area contributed by atoms with Gasteiger partial charge in [-0.2, -0.15) is 0 Å². The molecule has 1 N–H and O–H groups in total. The quantitative estimate of drug-likeness (QED) is 0.537. The Hall–Kier alpha value is -0.120. The van der Waals surface area contributed by atoms with Crippen LogP contribution in [0.1, 0.15) is 50.5 Å². The zero-order chi connectivity index (χ0) is 14.5. The van der Waals surface area contributed by atoms with Gasteiger partial charge in [0.25, 0.3) is 0 Å². The van der Waals surface area contributed by atoms with Crippen LogP contribution in [0.2, 0.25) is 5.02 Å². The molecule has 0 spiro atoms. The van der Waals surface area contributed by atoms with Crippen LogP contribution in [0.4, 0.5) is 4.39 Å². The summed E-state index contributed by atoms with van der Waals surface area (Å²) in [6.45, 7) is 4.18. The summed E-state index contributed by atoms with van der Waals surface area (Å²) in [7, 11) is 0. The molecule has 0 bridgehead atoms. The predicted octanol–water partition coefficient (Wildman–Crippen LogP) is 5.52. The molecule has 0 radical (unpaired) electrons. The average molecular weight is 363 g/mol. The van der Waals surface area contributed by atoms with Gasteiger partial charge in [-0.1, -0.05) is 37.4 Å². The topological polar surface area (TPSA) is 12.0 Å². The minimum Gasteiger partial charge on any atom is -0.316 e. The van der Waals surface area contributed by atoms with Crippen molar-refractivity contribution in [2.45, 2.75) is 44.9 Å². The minimum absolute atomic E-state index is 0.216. The number of rotatable bonds is 5. The number of nitrogens with one attached hydrogen (secondary N) is 1. The van der Waals surface area contributed by atoms with Gasteiger partial charge >= 0.3 is 0 Å². The third kappa shape index (κ3) is 3.75. The maximum atomic E-state index is 14.4. The highest BCUT2D eigenvalue weighted by atomic mass is 79.9. The maximum Gasteiger partial charge on any atom is 0.146 e. The van der Waals surface area contributed by atoms with E-state index >= 15 is 0 Å². The lowest BCUT2D eigenvalue weighted by atomic mass is 9.75. The maximum absolute atomic E-state index is 14.4. The Kier molecular flexibility index (Phi) is 6.31. The molecule has 1 fully saturated rings. The Morgan fingerprint density at radius 1 is 1.35 bits per heavy atom. The van der Waals surface area contributed by atoms with Gasteiger partial charge in [-0.3, -0.25) is 0 Å². The van der Waals surface area contributed by atoms with Gasteiger partial charge in [0.05, 0.1) is 5.02 Å². The monoisotopic (exact) mass is 361 g/mol. The van der Waals surface area contributed by atoms with Crippen LogP contribution in [-0.4, -0.2) is 13.1 Å². The first-order chi connectivity index (χ1) is 9.65. The van der Waals surface area contributed by atoms with E-state index in [1.54, 1.807) is 0 Å². The first-order valence-electron chi connectivity index (χ1n) is 7.49. The summed E-state index contributed by atoms with van der Waals surface area (Å²) in [4.78, 5) is 0. The Labute approximate surface area is 134 Å². The van der Waals surface area contributed by atoms with Crippen molar-refractivity contribution in [2.75, 3.05) is 13.1 Å². The number of hydrogen-bond acceptors (Lipinski definition) is 1. The summed E-state index contributed by atoms with van der Waals surface area (Å²) in [5, 5.41) is 3.70. The van der Waals surface area contributed by atoms with Crippen LogP contribution in [0.3, 0.4) is 0 Å². The Balaban J connectivity index is 2.17. The normalized spacial score (nSPS) is 23.0. The highest BCUT2D eigenvalue weighted by molar-refractivity contribution is 9.10. The lowest BCUT2D eigenvalue weighted by molar-refractivity contribution is 0.290. The van der Waals surface area contributed by atoms with E-state index in [9.17, 15) is 4.39 Å². The van der Waals surface area contributed by atoms with E-state index in [4.69, 9.17) is 11.6 Å². The molecule has 4 heteroatoms. The van der Waals surface area contributed by atoms with E-state index < -0.39 is 0 Å². The second-order valence-corrected chi connectivity index (χ2v) is 6.85. The number of halogens is 3. The van der Waals surface area contributed by atoms with Crippen molar-refractivity contribution in [3.05, 3.63) is 33.0 Å². The lowest BCUT2D eigenvalue weighted by Crippen LogP contribution is -2.30. The predicted molar refractivity (Wildman–Crippen MR) is 87.0 cm³/mol. The van der Waals surface area contributed by atoms with Gasteiger partial charge in [-0.25, -0.2) is 4.39 Å². The third-order valence-electron chi connectivity index (χ3n) is 4.21. The Morgan fingerprint density at radius 3 is 2.85 bits per heavy atom. The van der Waals surface area contributed by atoms with Crippen molar-refractivity contribution in [1.29, 1.82) is 0 Å². The van der Waals surface area contributed by atoms with Crippen LogP contribution in [0, 0.1) is 11.7 Å². The van der Waals surface area contributed by atoms with Crippen LogP contribution in [0.5, 0.6) is 0 Å². The molecule has 0 amide bonds. The van der Waals surface area contributed by atoms with Crippen molar-refractivity contribution >= 4 is 27.5 Å². The van der Waals surface area contributed by atoms with Crippen molar-refractivity contribution in [2.24, 2.45) is 5.92 Å². The molecule has 1 aromatic rings. The highest BCUT2D eigenvalue weighted by Crippen LogP contribution is 2.41. The molecule has 0 heterocycles. The fourth-order valence-corrected chi connectivity index (χ4v) is 3.63. The Morgan fingerprint density at radius 2 is 2.10 bits per heavy atom. The molecule has 1 saturated carbocycles. The van der Waals surface area contributed by atoms with Gasteiger partial charge in [0.1, 0.15) is 5.82 Å². The fourth-order valence-electron chi connectivity index (χ4n) is 3.15. The van der Waals surface area contributed by atoms with E-state index in [2.05, 4.69) is 28.2 Å². The van der Waals surface area contributed by atoms with Gasteiger partial charge < -0.3 is 5.32 Å². The molecule has 1 nitrogen and oxygen atoms in total. The van der Waals surface area contributed by atoms with Crippen molar-refractivity contribution in [1.82, 2.24) is 5.32 Å². The van der Waals surface area contributed by atoms with E-state index in [1.807, 2.05) is 12.1 Å². The summed E-state index contributed by atoms with van der Waals surface area (Å²) in [5.41, 5.74) is 0.793. The average Bonchev–Trinajstić information content (AvgIpc) is 2.46. The lowest BCUT2D eigenvalue weighted by Gasteiger charge is -2.32. The molecule has 2 unspecified atom stereocenters. The first-order valence-corrected chi connectivity index (χ1v) is 8.66. The van der Waals surface area contributed by atoms with Gasteiger partial charge in [-0.05, 0) is 71.7 Å². The minimum atomic E-state index is -0.242. The molecule has 0 aromatic heterocycles. The Bertz CT molecular complexity index is 452. The van der Waals surface area contributed by atoms with Crippen molar-refractivity contribution in [3.63, 3.8) is 0 Å². The molecule has 20 heavy (non-hydrogen) atoms. The van der Waals surface area contributed by atoms with E-state index in [1.165, 1.54) is 19.3 Å². The first kappa shape index (κ1) is 16.3. The van der Waals surface area contributed by atoms with E-state index in [0.29, 0.717) is 16.3 Å². The smallest absolute Gasteiger partial charge is 0.146 e. The zero-order valence-corrected chi connectivity index (χ0v) is 14.2. The molecule has 1 aromatic carbocycles. The molecule has 1 aliphatic rings. The summed E-state index contributed by atoms with van der Waals surface area (Å²) in [6.07, 6.45) is 5.81. The van der Waals surface area contributed by atoms with Crippen LogP contribution >= 0.6 is 27.5 Å². The summed E-state index contributed by atoms with van der Waals surface area (Å²) in [5.74, 6) is 0.564. The van der Waals surface area contributed by atoms with Crippen LogP contribution in [-0.2, 0) is 0 Å². The molecule has 112 valence electrons. The summed E-state index contributed by atoms with van der Waals surface area (Å²) < 4.78 is 15.1. The molecule has 0 aliphatic heterocycles. The van der Waals surface area contributed by atoms with Crippen LogP contribution in [0.25, 0.3) is 0 Å². The number of hydrogen-bond donors (Lipinski definition) is 1. The summed E-state index contributed by atoms with van der Waals surface area (Å²) >= 11 is 9.33. The molecular formula is C16H22BrClFN. The third-order valence-corrected chi connectivity index (χ3v) is 5.47. The van der Waals surface area contributed by atoms with Crippen molar-refractivity contribution in [3.8, 4) is 0 Å². The van der Waals surface area contributed by atoms with Gasteiger partial charge in [0, 0.05) is 4.47 Å². The second kappa shape index (κ2) is 7.77. The van der Waals surface area contributed by atoms with E-state index in [-0.39, 0.29) is 10.8 Å². The molecule has 2 atom stereocenters.